The molecule has 1 amide bonds. The monoisotopic (exact) mass is 533 g/mol. The van der Waals surface area contributed by atoms with Crippen LogP contribution in [0.15, 0.2) is 41.4 Å². The Balaban J connectivity index is 1.33. The van der Waals surface area contributed by atoms with E-state index >= 15 is 0 Å². The molecular formula is C26H39N5O5S. The smallest absolute Gasteiger partial charge is 0.252 e. The Labute approximate surface area is 221 Å². The SMILES string of the molecule is CN(C)CCNC(=O)c1ccc(CN2CCC(NCC(O)COc3ccc(O)c(S(C)=O)c3)CC2)nc1. The van der Waals surface area contributed by atoms with E-state index in [4.69, 9.17) is 4.74 Å². The molecule has 0 spiro atoms. The third-order valence-electron chi connectivity index (χ3n) is 6.23. The van der Waals surface area contributed by atoms with Crippen LogP contribution in [0.1, 0.15) is 28.9 Å². The van der Waals surface area contributed by atoms with Crippen molar-refractivity contribution in [3.05, 3.63) is 47.8 Å². The van der Waals surface area contributed by atoms with Gasteiger partial charge < -0.3 is 30.5 Å². The summed E-state index contributed by atoms with van der Waals surface area (Å²) in [5, 5.41) is 26.4. The van der Waals surface area contributed by atoms with Gasteiger partial charge in [0, 0.05) is 57.8 Å². The second kappa shape index (κ2) is 14.4. The van der Waals surface area contributed by atoms with Gasteiger partial charge in [-0.15, -0.1) is 0 Å². The lowest BCUT2D eigenvalue weighted by Crippen LogP contribution is -2.45. The molecule has 4 N–H and O–H groups in total. The van der Waals surface area contributed by atoms with Crippen LogP contribution in [-0.2, 0) is 17.3 Å². The summed E-state index contributed by atoms with van der Waals surface area (Å²) in [7, 11) is 2.61. The first-order chi connectivity index (χ1) is 17.7. The van der Waals surface area contributed by atoms with Gasteiger partial charge in [0.15, 0.2) is 0 Å². The lowest BCUT2D eigenvalue weighted by atomic mass is 10.0. The number of pyridine rings is 1. The molecule has 10 nitrogen and oxygen atoms in total. The van der Waals surface area contributed by atoms with Gasteiger partial charge >= 0.3 is 0 Å². The van der Waals surface area contributed by atoms with Crippen molar-refractivity contribution in [3.8, 4) is 11.5 Å². The third kappa shape index (κ3) is 9.67. The molecule has 0 radical (unpaired) electrons. The number of likely N-dealkylation sites (tertiary alicyclic amines) is 1. The van der Waals surface area contributed by atoms with E-state index in [9.17, 15) is 19.2 Å². The van der Waals surface area contributed by atoms with Crippen LogP contribution in [-0.4, -0.2) is 107 Å². The number of piperidine rings is 1. The number of nitrogens with zero attached hydrogens (tertiary/aromatic N) is 3. The van der Waals surface area contributed by atoms with Crippen LogP contribution >= 0.6 is 0 Å². The molecule has 1 saturated heterocycles. The normalized spacial score (nSPS) is 16.5. The molecule has 2 heterocycles. The van der Waals surface area contributed by atoms with Gasteiger partial charge in [0.05, 0.1) is 27.0 Å². The van der Waals surface area contributed by atoms with E-state index < -0.39 is 16.9 Å². The van der Waals surface area contributed by atoms with Crippen molar-refractivity contribution in [1.29, 1.82) is 0 Å². The first-order valence-corrected chi connectivity index (χ1v) is 14.1. The molecule has 2 unspecified atom stereocenters. The summed E-state index contributed by atoms with van der Waals surface area (Å²) in [5.41, 5.74) is 1.51. The van der Waals surface area contributed by atoms with Gasteiger partial charge in [0.25, 0.3) is 5.91 Å². The zero-order chi connectivity index (χ0) is 26.8. The number of carbonyl (C=O) groups is 1. The number of aliphatic hydroxyl groups is 1. The Morgan fingerprint density at radius 3 is 2.68 bits per heavy atom. The van der Waals surface area contributed by atoms with Gasteiger partial charge in [-0.05, 0) is 57.3 Å². The molecule has 0 aliphatic carbocycles. The van der Waals surface area contributed by atoms with Gasteiger partial charge in [0.1, 0.15) is 24.2 Å². The van der Waals surface area contributed by atoms with E-state index in [2.05, 4.69) is 20.5 Å². The highest BCUT2D eigenvalue weighted by atomic mass is 32.2. The standard InChI is InChI=1S/C26H39N5O5S/c1-30(2)13-10-27-26(34)19-4-5-21(28-15-19)17-31-11-8-20(9-12-31)29-16-22(32)18-36-23-6-7-24(33)25(14-23)37(3)35/h4-7,14-15,20,22,29,32-33H,8-13,16-18H2,1-3H3,(H,27,34). The second-order valence-corrected chi connectivity index (χ2v) is 11.0. The molecule has 2 atom stereocenters. The van der Waals surface area contributed by atoms with E-state index in [0.29, 0.717) is 35.3 Å². The third-order valence-corrected chi connectivity index (χ3v) is 7.18. The zero-order valence-corrected chi connectivity index (χ0v) is 22.7. The number of aromatic nitrogens is 1. The number of likely N-dealkylation sites (N-methyl/N-ethyl adjacent to an activating group) is 1. The Bertz CT molecular complexity index is 1030. The van der Waals surface area contributed by atoms with Gasteiger partial charge in [-0.25, -0.2) is 0 Å². The number of nitrogens with one attached hydrogen (secondary N) is 2. The van der Waals surface area contributed by atoms with E-state index in [1.54, 1.807) is 12.3 Å². The zero-order valence-electron chi connectivity index (χ0n) is 21.9. The molecular weight excluding hydrogens is 494 g/mol. The molecule has 0 bridgehead atoms. The highest BCUT2D eigenvalue weighted by Gasteiger charge is 2.20. The van der Waals surface area contributed by atoms with Crippen LogP contribution < -0.4 is 15.4 Å². The number of carbonyl (C=O) groups excluding carboxylic acids is 1. The van der Waals surface area contributed by atoms with Crippen LogP contribution in [0.5, 0.6) is 11.5 Å². The summed E-state index contributed by atoms with van der Waals surface area (Å²) in [6, 6.07) is 8.62. The van der Waals surface area contributed by atoms with Crippen LogP contribution in [0.25, 0.3) is 0 Å². The molecule has 1 aliphatic rings. The summed E-state index contributed by atoms with van der Waals surface area (Å²) in [6.45, 7) is 4.48. The number of phenols is 1. The van der Waals surface area contributed by atoms with Gasteiger partial charge in [-0.1, -0.05) is 0 Å². The molecule has 1 fully saturated rings. The first kappa shape index (κ1) is 29.0. The lowest BCUT2D eigenvalue weighted by Gasteiger charge is -2.32. The first-order valence-electron chi connectivity index (χ1n) is 12.5. The van der Waals surface area contributed by atoms with Gasteiger partial charge in [-0.3, -0.25) is 18.9 Å². The van der Waals surface area contributed by atoms with Gasteiger partial charge in [0.2, 0.25) is 0 Å². The number of rotatable bonds is 13. The largest absolute Gasteiger partial charge is 0.507 e. The van der Waals surface area contributed by atoms with Gasteiger partial charge in [-0.2, -0.15) is 0 Å². The number of hydrogen-bond acceptors (Lipinski definition) is 9. The molecule has 37 heavy (non-hydrogen) atoms. The van der Waals surface area contributed by atoms with E-state index in [1.807, 2.05) is 31.1 Å². The van der Waals surface area contributed by atoms with Crippen molar-refractivity contribution in [3.63, 3.8) is 0 Å². The van der Waals surface area contributed by atoms with Crippen LogP contribution in [0.2, 0.25) is 0 Å². The second-order valence-electron chi connectivity index (χ2n) is 9.60. The maximum atomic E-state index is 12.2. The number of benzene rings is 1. The van der Waals surface area contributed by atoms with E-state index in [-0.39, 0.29) is 18.3 Å². The molecule has 1 aromatic heterocycles. The molecule has 0 saturated carbocycles. The average Bonchev–Trinajstić information content (AvgIpc) is 2.87. The number of phenolic OH excluding ortho intramolecular Hbond substituents is 1. The Kier molecular flexibility index (Phi) is 11.3. The van der Waals surface area contributed by atoms with Crippen LogP contribution in [0, 0.1) is 0 Å². The van der Waals surface area contributed by atoms with E-state index in [1.165, 1.54) is 18.4 Å². The predicted molar refractivity (Wildman–Crippen MR) is 143 cm³/mol. The number of ether oxygens (including phenoxy) is 1. The minimum Gasteiger partial charge on any atom is -0.507 e. The van der Waals surface area contributed by atoms with Crippen molar-refractivity contribution in [2.24, 2.45) is 0 Å². The molecule has 2 aromatic rings. The summed E-state index contributed by atoms with van der Waals surface area (Å²) >= 11 is 0. The number of amides is 1. The highest BCUT2D eigenvalue weighted by molar-refractivity contribution is 7.84. The maximum absolute atomic E-state index is 12.2. The van der Waals surface area contributed by atoms with E-state index in [0.717, 1.165) is 44.7 Å². The van der Waals surface area contributed by atoms with Crippen LogP contribution in [0.4, 0.5) is 0 Å². The fourth-order valence-corrected chi connectivity index (χ4v) is 4.68. The Morgan fingerprint density at radius 1 is 1.27 bits per heavy atom. The van der Waals surface area contributed by atoms with Crippen molar-refractivity contribution in [2.75, 3.05) is 59.7 Å². The molecule has 204 valence electrons. The summed E-state index contributed by atoms with van der Waals surface area (Å²) in [6.07, 6.45) is 4.36. The summed E-state index contributed by atoms with van der Waals surface area (Å²) < 4.78 is 17.3. The topological polar surface area (TPSA) is 127 Å². The lowest BCUT2D eigenvalue weighted by molar-refractivity contribution is 0.0950. The predicted octanol–water partition coefficient (Wildman–Crippen LogP) is 0.810. The molecule has 1 aliphatic heterocycles. The Morgan fingerprint density at radius 2 is 2.03 bits per heavy atom. The van der Waals surface area contributed by atoms with Crippen molar-refractivity contribution >= 4 is 16.7 Å². The summed E-state index contributed by atoms with van der Waals surface area (Å²) in [5.74, 6) is 0.320. The highest BCUT2D eigenvalue weighted by Crippen LogP contribution is 2.25. The van der Waals surface area contributed by atoms with Crippen molar-refractivity contribution < 1.29 is 24.0 Å². The molecule has 1 aromatic carbocycles. The minimum absolute atomic E-state index is 0.0342. The summed E-state index contributed by atoms with van der Waals surface area (Å²) in [4.78, 5) is 21.3. The number of aromatic hydroxyl groups is 1. The van der Waals surface area contributed by atoms with Crippen molar-refractivity contribution in [1.82, 2.24) is 25.4 Å². The fourth-order valence-electron chi connectivity index (χ4n) is 4.04. The fraction of sp³-hybridized carbons (Fsp3) is 0.538. The van der Waals surface area contributed by atoms with Crippen LogP contribution in [0.3, 0.4) is 0 Å². The maximum Gasteiger partial charge on any atom is 0.252 e. The van der Waals surface area contributed by atoms with Crippen molar-refractivity contribution in [2.45, 2.75) is 36.4 Å². The quantitative estimate of drug-likeness (QED) is 0.296. The Hall–Kier alpha value is -2.57. The molecule has 3 rings (SSSR count). The average molecular weight is 534 g/mol. The number of hydrogen-bond donors (Lipinski definition) is 4. The minimum atomic E-state index is -1.32. The number of aliphatic hydroxyl groups excluding tert-OH is 1. The molecule has 11 heteroatoms.